The van der Waals surface area contributed by atoms with Crippen molar-refractivity contribution in [1.29, 1.82) is 0 Å². The van der Waals surface area contributed by atoms with Crippen LogP contribution in [0.5, 0.6) is 0 Å². The Morgan fingerprint density at radius 3 is 2.19 bits per heavy atom. The van der Waals surface area contributed by atoms with Crippen LogP contribution in [-0.4, -0.2) is 63.9 Å². The van der Waals surface area contributed by atoms with Gasteiger partial charge in [0.15, 0.2) is 0 Å². The van der Waals surface area contributed by atoms with E-state index in [2.05, 4.69) is 17.7 Å². The molecule has 0 saturated heterocycles. The molecule has 172 valence electrons. The van der Waals surface area contributed by atoms with Crippen LogP contribution >= 0.6 is 0 Å². The molecule has 10 heteroatoms. The van der Waals surface area contributed by atoms with Crippen LogP contribution in [0.25, 0.3) is 0 Å². The van der Waals surface area contributed by atoms with Crippen LogP contribution in [-0.2, 0) is 14.6 Å². The first-order chi connectivity index (χ1) is 13.8. The van der Waals surface area contributed by atoms with Gasteiger partial charge in [-0.2, -0.15) is 0 Å². The molecule has 0 aromatic heterocycles. The molecule has 0 radical (unpaired) electrons. The van der Waals surface area contributed by atoms with E-state index in [0.717, 1.165) is 19.3 Å². The third kappa shape index (κ3) is 3.90. The molecule has 0 heterocycles. The van der Waals surface area contributed by atoms with E-state index in [-0.39, 0.29) is 71.0 Å². The first-order valence-corrected chi connectivity index (χ1v) is 12.2. The molecule has 0 amide bonds. The van der Waals surface area contributed by atoms with Crippen molar-refractivity contribution < 1.29 is 67.1 Å². The van der Waals surface area contributed by atoms with Crippen LogP contribution in [0.4, 0.5) is 0 Å². The van der Waals surface area contributed by atoms with E-state index in [1.54, 1.807) is 6.08 Å². The van der Waals surface area contributed by atoms with Crippen molar-refractivity contribution in [1.82, 2.24) is 0 Å². The summed E-state index contributed by atoms with van der Waals surface area (Å²) in [6.45, 7) is 7.95. The van der Waals surface area contributed by atoms with Gasteiger partial charge in [0, 0.05) is 5.92 Å². The smallest absolute Gasteiger partial charge is 0.726 e. The number of fused-ring (bicyclic) bond motifs is 5. The van der Waals surface area contributed by atoms with Crippen molar-refractivity contribution in [3.05, 3.63) is 12.7 Å². The van der Waals surface area contributed by atoms with Gasteiger partial charge in [-0.25, -0.2) is 8.42 Å². The average Bonchev–Trinajstić information content (AvgIpc) is 2.83. The van der Waals surface area contributed by atoms with Gasteiger partial charge < -0.3 is 25.0 Å². The van der Waals surface area contributed by atoms with E-state index in [0.29, 0.717) is 6.42 Å². The molecule has 0 bridgehead atoms. The molecule has 4 fully saturated rings. The SMILES string of the molecule is C=C[C@H]1[C@@H](O)[C@@H](O)[C@H]2[C@@H]3CC[C@H]4[C@@H](O)[C@@H](O)[C@@H](OS(=O)(=O)[O-])C[C@]4(C)[C@H]3CC[C@@]21C.[Na+]. The zero-order valence-electron chi connectivity index (χ0n) is 18.4. The molecule has 0 unspecified atom stereocenters. The van der Waals surface area contributed by atoms with E-state index in [9.17, 15) is 33.4 Å². The van der Waals surface area contributed by atoms with Gasteiger partial charge in [-0.1, -0.05) is 19.9 Å². The van der Waals surface area contributed by atoms with Gasteiger partial charge in [-0.15, -0.1) is 6.58 Å². The van der Waals surface area contributed by atoms with Crippen molar-refractivity contribution in [3.63, 3.8) is 0 Å². The predicted octanol–water partition coefficient (Wildman–Crippen LogP) is -2.44. The Labute approximate surface area is 206 Å². The third-order valence-corrected chi connectivity index (χ3v) is 9.85. The quantitative estimate of drug-likeness (QED) is 0.155. The van der Waals surface area contributed by atoms with Crippen LogP contribution in [0, 0.1) is 40.4 Å². The zero-order chi connectivity index (χ0) is 22.2. The maximum Gasteiger partial charge on any atom is 1.00 e. The monoisotopic (exact) mass is 468 g/mol. The molecule has 0 spiro atoms. The number of aliphatic hydroxyl groups excluding tert-OH is 4. The molecule has 12 atom stereocenters. The van der Waals surface area contributed by atoms with Gasteiger partial charge >= 0.3 is 29.6 Å². The third-order valence-electron chi connectivity index (χ3n) is 9.37. The summed E-state index contributed by atoms with van der Waals surface area (Å²) in [6.07, 6.45) is -0.890. The Morgan fingerprint density at radius 2 is 1.61 bits per heavy atom. The van der Waals surface area contributed by atoms with Crippen molar-refractivity contribution in [3.8, 4) is 0 Å². The van der Waals surface area contributed by atoms with Gasteiger partial charge in [0.2, 0.25) is 10.4 Å². The summed E-state index contributed by atoms with van der Waals surface area (Å²) >= 11 is 0. The second kappa shape index (κ2) is 8.59. The molecule has 4 rings (SSSR count). The summed E-state index contributed by atoms with van der Waals surface area (Å²) in [5.41, 5.74) is -0.846. The summed E-state index contributed by atoms with van der Waals surface area (Å²) in [7, 11) is -5.03. The first kappa shape index (κ1) is 26.1. The average molecular weight is 469 g/mol. The van der Waals surface area contributed by atoms with Gasteiger partial charge in [0.05, 0.1) is 18.3 Å². The fraction of sp³-hybridized carbons (Fsp3) is 0.905. The predicted molar refractivity (Wildman–Crippen MR) is 106 cm³/mol. The van der Waals surface area contributed by atoms with Crippen molar-refractivity contribution >= 4 is 10.4 Å². The van der Waals surface area contributed by atoms with Gasteiger partial charge in [0.1, 0.15) is 12.2 Å². The molecule has 0 aromatic carbocycles. The van der Waals surface area contributed by atoms with Crippen LogP contribution < -0.4 is 29.6 Å². The Balaban J connectivity index is 0.00000272. The molecular weight excluding hydrogens is 435 g/mol. The normalized spacial score (nSPS) is 54.2. The van der Waals surface area contributed by atoms with E-state index in [1.807, 2.05) is 6.92 Å². The maximum absolute atomic E-state index is 11.2. The van der Waals surface area contributed by atoms with Crippen LogP contribution in [0.3, 0.4) is 0 Å². The van der Waals surface area contributed by atoms with E-state index >= 15 is 0 Å². The standard InChI is InChI=1S/C21H34O8S.Na/c1-4-11-16(22)19(25)15-10-5-6-13-17(23)18(24)14(29-30(26,27)28)9-21(13,3)12(10)7-8-20(11,15)2;/h4,10-19,22-25H,1,5-9H2,2-3H3,(H,26,27,28);/q;+1/p-1/t10-,11+,12+,13+,14+,15-,16-,17-,18+,19+,20-,21-;/m1./s1. The zero-order valence-corrected chi connectivity index (χ0v) is 21.2. The second-order valence-corrected chi connectivity index (χ2v) is 11.5. The number of hydrogen-bond acceptors (Lipinski definition) is 8. The van der Waals surface area contributed by atoms with Crippen LogP contribution in [0.15, 0.2) is 12.7 Å². The van der Waals surface area contributed by atoms with Crippen LogP contribution in [0.1, 0.15) is 46.0 Å². The molecule has 4 saturated carbocycles. The summed E-state index contributed by atoms with van der Waals surface area (Å²) in [6, 6.07) is 0. The maximum atomic E-state index is 11.2. The van der Waals surface area contributed by atoms with E-state index in [4.69, 9.17) is 0 Å². The Hall–Kier alpha value is 0.450. The van der Waals surface area contributed by atoms with Gasteiger partial charge in [-0.05, 0) is 66.6 Å². The number of rotatable bonds is 3. The van der Waals surface area contributed by atoms with Crippen molar-refractivity contribution in [2.75, 3.05) is 0 Å². The van der Waals surface area contributed by atoms with Crippen molar-refractivity contribution in [2.24, 2.45) is 40.4 Å². The minimum absolute atomic E-state index is 0. The fourth-order valence-electron chi connectivity index (χ4n) is 8.14. The van der Waals surface area contributed by atoms with E-state index < -0.39 is 46.3 Å². The van der Waals surface area contributed by atoms with Gasteiger partial charge in [0.25, 0.3) is 0 Å². The molecular formula is C21H33NaO8S. The summed E-state index contributed by atoms with van der Waals surface area (Å²) < 4.78 is 38.2. The van der Waals surface area contributed by atoms with Crippen molar-refractivity contribution in [2.45, 2.75) is 76.5 Å². The van der Waals surface area contributed by atoms with Gasteiger partial charge in [-0.3, -0.25) is 4.18 Å². The summed E-state index contributed by atoms with van der Waals surface area (Å²) in [5, 5.41) is 42.8. The molecule has 4 aliphatic carbocycles. The molecule has 0 aliphatic heterocycles. The minimum Gasteiger partial charge on any atom is -0.726 e. The van der Waals surface area contributed by atoms with Crippen LogP contribution in [0.2, 0.25) is 0 Å². The minimum atomic E-state index is -5.03. The number of aliphatic hydroxyl groups is 4. The second-order valence-electron chi connectivity index (χ2n) is 10.5. The first-order valence-electron chi connectivity index (χ1n) is 10.8. The Bertz CT molecular complexity index is 807. The number of hydrogen-bond donors (Lipinski definition) is 4. The Kier molecular flexibility index (Phi) is 7.22. The summed E-state index contributed by atoms with van der Waals surface area (Å²) in [5.74, 6) is -0.483. The Morgan fingerprint density at radius 1 is 0.968 bits per heavy atom. The fourth-order valence-corrected chi connectivity index (χ4v) is 8.62. The summed E-state index contributed by atoms with van der Waals surface area (Å²) in [4.78, 5) is 0. The molecule has 8 nitrogen and oxygen atoms in total. The molecule has 0 aromatic rings. The molecule has 31 heavy (non-hydrogen) atoms. The topological polar surface area (TPSA) is 147 Å². The molecule has 4 aliphatic rings. The van der Waals surface area contributed by atoms with E-state index in [1.165, 1.54) is 0 Å². The largest absolute Gasteiger partial charge is 1.00 e. The molecule has 4 N–H and O–H groups in total.